The minimum Gasteiger partial charge on any atom is -0.493 e. The summed E-state index contributed by atoms with van der Waals surface area (Å²) in [6.45, 7) is -0.572. The lowest BCUT2D eigenvalue weighted by atomic mass is 10.1. The van der Waals surface area contributed by atoms with Crippen LogP contribution < -0.4 is 14.9 Å². The van der Waals surface area contributed by atoms with Gasteiger partial charge in [-0.25, -0.2) is 10.2 Å². The highest BCUT2D eigenvalue weighted by molar-refractivity contribution is 6.32. The molecule has 142 valence electrons. The van der Waals surface area contributed by atoms with Gasteiger partial charge < -0.3 is 19.7 Å². The van der Waals surface area contributed by atoms with E-state index in [0.717, 1.165) is 0 Å². The molecule has 0 aliphatic heterocycles. The lowest BCUT2D eigenvalue weighted by Gasteiger charge is -2.12. The average molecular weight is 393 g/mol. The molecule has 0 fully saturated rings. The first-order valence-corrected chi connectivity index (χ1v) is 8.08. The van der Waals surface area contributed by atoms with Crippen LogP contribution in [0.25, 0.3) is 0 Å². The van der Waals surface area contributed by atoms with Gasteiger partial charge in [0.1, 0.15) is 0 Å². The van der Waals surface area contributed by atoms with Gasteiger partial charge in [-0.1, -0.05) is 41.9 Å². The second-order valence-electron chi connectivity index (χ2n) is 5.26. The van der Waals surface area contributed by atoms with Crippen LogP contribution in [0.4, 0.5) is 0 Å². The molecule has 0 aliphatic carbocycles. The number of carboxylic acid groups (broad SMARTS) is 1. The van der Waals surface area contributed by atoms with Crippen LogP contribution in [0.15, 0.2) is 47.6 Å². The third-order valence-electron chi connectivity index (χ3n) is 3.34. The van der Waals surface area contributed by atoms with Crippen LogP contribution in [0, 0.1) is 0 Å². The predicted molar refractivity (Wildman–Crippen MR) is 98.3 cm³/mol. The molecule has 1 atom stereocenters. The van der Waals surface area contributed by atoms with E-state index in [1.165, 1.54) is 25.5 Å². The summed E-state index contributed by atoms with van der Waals surface area (Å²) in [6.07, 6.45) is -0.0568. The number of amides is 1. The topological polar surface area (TPSA) is 117 Å². The normalized spacial score (nSPS) is 11.8. The number of nitrogens with zero attached hydrogens (tertiary/aromatic N) is 1. The summed E-state index contributed by atoms with van der Waals surface area (Å²) in [5.41, 5.74) is 3.14. The number of rotatable bonds is 8. The number of aliphatic carboxylic acids is 1. The van der Waals surface area contributed by atoms with Crippen molar-refractivity contribution in [3.63, 3.8) is 0 Å². The molecule has 0 radical (unpaired) electrons. The fourth-order valence-electron chi connectivity index (χ4n) is 2.11. The number of halogens is 1. The Kier molecular flexibility index (Phi) is 7.16. The number of benzene rings is 2. The number of ether oxygens (including phenoxy) is 2. The number of hydrazone groups is 1. The molecule has 3 N–H and O–H groups in total. The molecule has 9 heteroatoms. The highest BCUT2D eigenvalue weighted by Gasteiger charge is 2.16. The Labute approximate surface area is 160 Å². The SMILES string of the molecule is COc1cc(/C=N/NC(=O)C(O)c2ccccc2)cc(Cl)c1OCC(=O)O. The average Bonchev–Trinajstić information content (AvgIpc) is 2.66. The monoisotopic (exact) mass is 392 g/mol. The molecule has 0 aromatic heterocycles. The maximum Gasteiger partial charge on any atom is 0.341 e. The van der Waals surface area contributed by atoms with Gasteiger partial charge in [0.15, 0.2) is 24.2 Å². The van der Waals surface area contributed by atoms with Gasteiger partial charge in [0.25, 0.3) is 5.91 Å². The van der Waals surface area contributed by atoms with Crippen LogP contribution in [0.1, 0.15) is 17.2 Å². The van der Waals surface area contributed by atoms with E-state index in [4.69, 9.17) is 26.2 Å². The van der Waals surface area contributed by atoms with Gasteiger partial charge in [0.2, 0.25) is 0 Å². The Bertz CT molecular complexity index is 841. The zero-order valence-electron chi connectivity index (χ0n) is 14.3. The van der Waals surface area contributed by atoms with E-state index in [2.05, 4.69) is 10.5 Å². The summed E-state index contributed by atoms with van der Waals surface area (Å²) in [4.78, 5) is 22.5. The van der Waals surface area contributed by atoms with E-state index in [0.29, 0.717) is 11.1 Å². The van der Waals surface area contributed by atoms with Crippen molar-refractivity contribution in [1.29, 1.82) is 0 Å². The molecular weight excluding hydrogens is 376 g/mol. The van der Waals surface area contributed by atoms with E-state index in [1.54, 1.807) is 30.3 Å². The third-order valence-corrected chi connectivity index (χ3v) is 3.62. The fraction of sp³-hybridized carbons (Fsp3) is 0.167. The van der Waals surface area contributed by atoms with Crippen LogP contribution in [0.5, 0.6) is 11.5 Å². The summed E-state index contributed by atoms with van der Waals surface area (Å²) in [5, 5.41) is 22.5. The minimum absolute atomic E-state index is 0.0854. The highest BCUT2D eigenvalue weighted by Crippen LogP contribution is 2.36. The predicted octanol–water partition coefficient (Wildman–Crippen LogP) is 2.00. The van der Waals surface area contributed by atoms with Crippen LogP contribution >= 0.6 is 11.6 Å². The number of aliphatic hydroxyl groups is 1. The Morgan fingerprint density at radius 2 is 2.00 bits per heavy atom. The van der Waals surface area contributed by atoms with Crippen LogP contribution in [0.2, 0.25) is 5.02 Å². The van der Waals surface area contributed by atoms with Crippen molar-refractivity contribution < 1.29 is 29.3 Å². The van der Waals surface area contributed by atoms with Crippen LogP contribution in [0.3, 0.4) is 0 Å². The molecule has 2 rings (SSSR count). The van der Waals surface area contributed by atoms with Crippen molar-refractivity contribution >= 4 is 29.7 Å². The van der Waals surface area contributed by atoms with Crippen LogP contribution in [-0.4, -0.2) is 42.0 Å². The molecule has 0 saturated heterocycles. The Morgan fingerprint density at radius 1 is 1.30 bits per heavy atom. The summed E-state index contributed by atoms with van der Waals surface area (Å²) in [6, 6.07) is 11.4. The van der Waals surface area contributed by atoms with Crippen molar-refractivity contribution in [1.82, 2.24) is 5.43 Å². The lowest BCUT2D eigenvalue weighted by Crippen LogP contribution is -2.25. The second-order valence-corrected chi connectivity index (χ2v) is 5.67. The van der Waals surface area contributed by atoms with Gasteiger partial charge in [0, 0.05) is 0 Å². The molecule has 2 aromatic rings. The van der Waals surface area contributed by atoms with E-state index in [-0.39, 0.29) is 16.5 Å². The zero-order valence-corrected chi connectivity index (χ0v) is 15.0. The van der Waals surface area contributed by atoms with Crippen molar-refractivity contribution in [2.75, 3.05) is 13.7 Å². The Morgan fingerprint density at radius 3 is 2.63 bits per heavy atom. The molecule has 8 nitrogen and oxygen atoms in total. The molecule has 0 heterocycles. The largest absolute Gasteiger partial charge is 0.493 e. The van der Waals surface area contributed by atoms with Crippen molar-refractivity contribution in [3.8, 4) is 11.5 Å². The lowest BCUT2D eigenvalue weighted by molar-refractivity contribution is -0.139. The maximum atomic E-state index is 11.9. The molecular formula is C18H17ClN2O6. The number of aliphatic hydroxyl groups excluding tert-OH is 1. The number of carbonyl (C=O) groups excluding carboxylic acids is 1. The third kappa shape index (κ3) is 5.70. The molecule has 27 heavy (non-hydrogen) atoms. The number of hydrogen-bond donors (Lipinski definition) is 3. The number of nitrogens with one attached hydrogen (secondary N) is 1. The quantitative estimate of drug-likeness (QED) is 0.467. The smallest absolute Gasteiger partial charge is 0.341 e. The van der Waals surface area contributed by atoms with Gasteiger partial charge in [-0.05, 0) is 23.3 Å². The van der Waals surface area contributed by atoms with E-state index in [1.807, 2.05) is 0 Å². The van der Waals surface area contributed by atoms with E-state index in [9.17, 15) is 14.7 Å². The van der Waals surface area contributed by atoms with Gasteiger partial charge >= 0.3 is 5.97 Å². The van der Waals surface area contributed by atoms with Gasteiger partial charge in [-0.2, -0.15) is 5.10 Å². The fourth-order valence-corrected chi connectivity index (χ4v) is 2.38. The van der Waals surface area contributed by atoms with Crippen molar-refractivity contribution in [2.24, 2.45) is 5.10 Å². The van der Waals surface area contributed by atoms with E-state index < -0.39 is 24.6 Å². The number of hydrogen-bond acceptors (Lipinski definition) is 6. The van der Waals surface area contributed by atoms with Crippen molar-refractivity contribution in [2.45, 2.75) is 6.10 Å². The van der Waals surface area contributed by atoms with E-state index >= 15 is 0 Å². The molecule has 0 saturated carbocycles. The number of methoxy groups -OCH3 is 1. The Hall–Kier alpha value is -3.10. The summed E-state index contributed by atoms with van der Waals surface area (Å²) < 4.78 is 10.2. The number of carbonyl (C=O) groups is 2. The molecule has 1 unspecified atom stereocenters. The first-order valence-electron chi connectivity index (χ1n) is 7.70. The zero-order chi connectivity index (χ0) is 19.8. The standard InChI is InChI=1S/C18H17ClN2O6/c1-26-14-8-11(7-13(19)17(14)27-10-15(22)23)9-20-21-18(25)16(24)12-5-3-2-4-6-12/h2-9,16,24H,10H2,1H3,(H,21,25)(H,22,23)/b20-9+. The van der Waals surface area contributed by atoms with Crippen molar-refractivity contribution in [3.05, 3.63) is 58.6 Å². The molecule has 0 bridgehead atoms. The molecule has 2 aromatic carbocycles. The second kappa shape index (κ2) is 9.56. The molecule has 0 spiro atoms. The van der Waals surface area contributed by atoms with Crippen LogP contribution in [-0.2, 0) is 9.59 Å². The summed E-state index contributed by atoms with van der Waals surface area (Å²) in [5.74, 6) is -1.56. The first kappa shape index (κ1) is 20.2. The minimum atomic E-state index is -1.35. The Balaban J connectivity index is 2.07. The van der Waals surface area contributed by atoms with Gasteiger partial charge in [-0.15, -0.1) is 0 Å². The number of carboxylic acids is 1. The molecule has 0 aliphatic rings. The molecule has 1 amide bonds. The van der Waals surface area contributed by atoms with Gasteiger partial charge in [-0.3, -0.25) is 4.79 Å². The maximum absolute atomic E-state index is 11.9. The highest BCUT2D eigenvalue weighted by atomic mass is 35.5. The summed E-state index contributed by atoms with van der Waals surface area (Å²) in [7, 11) is 1.37. The van der Waals surface area contributed by atoms with Gasteiger partial charge in [0.05, 0.1) is 18.3 Å². The summed E-state index contributed by atoms with van der Waals surface area (Å²) >= 11 is 6.08. The first-order chi connectivity index (χ1) is 12.9.